The summed E-state index contributed by atoms with van der Waals surface area (Å²) >= 11 is 0. The second-order valence-electron chi connectivity index (χ2n) is 7.25. The van der Waals surface area contributed by atoms with E-state index in [-0.39, 0.29) is 6.03 Å². The molecule has 1 heterocycles. The molecule has 1 aliphatic heterocycles. The fourth-order valence-corrected chi connectivity index (χ4v) is 3.34. The van der Waals surface area contributed by atoms with Crippen molar-refractivity contribution in [2.75, 3.05) is 51.3 Å². The minimum absolute atomic E-state index is 0.0854. The van der Waals surface area contributed by atoms with Crippen LogP contribution in [0.2, 0.25) is 0 Å². The van der Waals surface area contributed by atoms with Crippen molar-refractivity contribution in [1.29, 1.82) is 0 Å². The maximum atomic E-state index is 13.0. The first-order valence-corrected chi connectivity index (χ1v) is 10.3. The molecular weight excluding hydrogens is 366 g/mol. The van der Waals surface area contributed by atoms with Crippen molar-refractivity contribution in [1.82, 2.24) is 9.80 Å². The molecule has 0 saturated carbocycles. The quantitative estimate of drug-likeness (QED) is 0.737. The third-order valence-electron chi connectivity index (χ3n) is 4.95. The average Bonchev–Trinajstić information content (AvgIpc) is 2.73. The van der Waals surface area contributed by atoms with Crippen molar-refractivity contribution < 1.29 is 14.3 Å². The van der Waals surface area contributed by atoms with E-state index in [1.165, 1.54) is 0 Å². The van der Waals surface area contributed by atoms with Crippen LogP contribution >= 0.6 is 0 Å². The number of rotatable bonds is 8. The molecule has 3 rings (SSSR count). The zero-order valence-electron chi connectivity index (χ0n) is 17.4. The largest absolute Gasteiger partial charge is 0.494 e. The molecule has 6 nitrogen and oxygen atoms in total. The van der Waals surface area contributed by atoms with Crippen LogP contribution in [-0.4, -0.2) is 61.8 Å². The number of hydrogen-bond acceptors (Lipinski definition) is 4. The Hall–Kier alpha value is -2.57. The summed E-state index contributed by atoms with van der Waals surface area (Å²) in [6.07, 6.45) is 0. The van der Waals surface area contributed by atoms with Gasteiger partial charge in [0, 0.05) is 38.4 Å². The molecule has 0 aliphatic carbocycles. The highest BCUT2D eigenvalue weighted by Gasteiger charge is 2.17. The van der Waals surface area contributed by atoms with Gasteiger partial charge in [-0.25, -0.2) is 4.79 Å². The van der Waals surface area contributed by atoms with E-state index in [2.05, 4.69) is 10.2 Å². The number of morpholine rings is 1. The van der Waals surface area contributed by atoms with E-state index in [0.717, 1.165) is 55.4 Å². The Bertz CT molecular complexity index is 773. The Morgan fingerprint density at radius 2 is 1.93 bits per heavy atom. The lowest BCUT2D eigenvalue weighted by Crippen LogP contribution is -2.44. The number of nitrogens with one attached hydrogen (secondary N) is 1. The first-order chi connectivity index (χ1) is 14.1. The lowest BCUT2D eigenvalue weighted by Gasteiger charge is -2.30. The third kappa shape index (κ3) is 6.76. The fraction of sp³-hybridized carbons (Fsp3) is 0.435. The molecule has 0 aromatic heterocycles. The minimum atomic E-state index is -0.0854. The second-order valence-corrected chi connectivity index (χ2v) is 7.25. The number of urea groups is 1. The molecule has 2 aromatic rings. The van der Waals surface area contributed by atoms with E-state index in [1.54, 1.807) is 0 Å². The van der Waals surface area contributed by atoms with E-state index in [9.17, 15) is 4.79 Å². The Morgan fingerprint density at radius 1 is 1.17 bits per heavy atom. The maximum absolute atomic E-state index is 13.0. The highest BCUT2D eigenvalue weighted by Crippen LogP contribution is 2.16. The summed E-state index contributed by atoms with van der Waals surface area (Å²) in [4.78, 5) is 17.2. The van der Waals surface area contributed by atoms with Gasteiger partial charge in [-0.2, -0.15) is 0 Å². The van der Waals surface area contributed by atoms with E-state index < -0.39 is 0 Å². The Labute approximate surface area is 173 Å². The number of benzene rings is 2. The zero-order valence-corrected chi connectivity index (χ0v) is 17.4. The number of hydrogen-bond donors (Lipinski definition) is 1. The summed E-state index contributed by atoms with van der Waals surface area (Å²) in [6, 6.07) is 15.7. The van der Waals surface area contributed by atoms with E-state index in [0.29, 0.717) is 19.7 Å². The van der Waals surface area contributed by atoms with Crippen molar-refractivity contribution in [2.45, 2.75) is 20.4 Å². The van der Waals surface area contributed by atoms with Crippen LogP contribution in [-0.2, 0) is 11.3 Å². The molecule has 6 heteroatoms. The van der Waals surface area contributed by atoms with Crippen molar-refractivity contribution in [3.05, 3.63) is 59.7 Å². The minimum Gasteiger partial charge on any atom is -0.494 e. The van der Waals surface area contributed by atoms with E-state index >= 15 is 0 Å². The molecule has 0 radical (unpaired) electrons. The Kier molecular flexibility index (Phi) is 7.90. The first-order valence-electron chi connectivity index (χ1n) is 10.3. The maximum Gasteiger partial charge on any atom is 0.322 e. The summed E-state index contributed by atoms with van der Waals surface area (Å²) in [6.45, 7) is 10.0. The molecule has 0 bridgehead atoms. The lowest BCUT2D eigenvalue weighted by atomic mass is 10.2. The molecule has 29 heavy (non-hydrogen) atoms. The number of ether oxygens (including phenoxy) is 2. The third-order valence-corrected chi connectivity index (χ3v) is 4.95. The predicted octanol–water partition coefficient (Wildman–Crippen LogP) is 3.76. The van der Waals surface area contributed by atoms with Gasteiger partial charge in [0.25, 0.3) is 0 Å². The SMILES string of the molecule is CCOc1ccc(CN(CCN2CCOCC2)C(=O)Nc2cccc(C)c2)cc1. The van der Waals surface area contributed by atoms with Crippen LogP contribution in [0.1, 0.15) is 18.1 Å². The van der Waals surface area contributed by atoms with Crippen LogP contribution in [0.15, 0.2) is 48.5 Å². The second kappa shape index (κ2) is 10.8. The molecule has 1 saturated heterocycles. The normalized spacial score (nSPS) is 14.4. The molecule has 1 N–H and O–H groups in total. The fourth-order valence-electron chi connectivity index (χ4n) is 3.34. The zero-order chi connectivity index (χ0) is 20.5. The van der Waals surface area contributed by atoms with Gasteiger partial charge < -0.3 is 19.7 Å². The van der Waals surface area contributed by atoms with E-state index in [1.807, 2.05) is 67.3 Å². The smallest absolute Gasteiger partial charge is 0.322 e. The lowest BCUT2D eigenvalue weighted by molar-refractivity contribution is 0.0349. The van der Waals surface area contributed by atoms with E-state index in [4.69, 9.17) is 9.47 Å². The van der Waals surface area contributed by atoms with Crippen LogP contribution < -0.4 is 10.1 Å². The number of carbonyl (C=O) groups excluding carboxylic acids is 1. The van der Waals surface area contributed by atoms with Crippen molar-refractivity contribution in [2.24, 2.45) is 0 Å². The highest BCUT2D eigenvalue weighted by molar-refractivity contribution is 5.89. The van der Waals surface area contributed by atoms with Gasteiger partial charge in [0.05, 0.1) is 19.8 Å². The van der Waals surface area contributed by atoms with Crippen molar-refractivity contribution >= 4 is 11.7 Å². The molecule has 156 valence electrons. The molecule has 0 unspecified atom stereocenters. The van der Waals surface area contributed by atoms with Crippen molar-refractivity contribution in [3.63, 3.8) is 0 Å². The summed E-state index contributed by atoms with van der Waals surface area (Å²) in [7, 11) is 0. The summed E-state index contributed by atoms with van der Waals surface area (Å²) in [5, 5.41) is 3.04. The summed E-state index contributed by atoms with van der Waals surface area (Å²) in [5.41, 5.74) is 3.02. The molecule has 0 spiro atoms. The molecule has 1 fully saturated rings. The highest BCUT2D eigenvalue weighted by atomic mass is 16.5. The summed E-state index contributed by atoms with van der Waals surface area (Å²) < 4.78 is 10.9. The van der Waals surface area contributed by atoms with Gasteiger partial charge in [-0.05, 0) is 49.2 Å². The average molecular weight is 398 g/mol. The van der Waals surface area contributed by atoms with Gasteiger partial charge in [-0.3, -0.25) is 4.90 Å². The molecular formula is C23H31N3O3. The van der Waals surface area contributed by atoms with Crippen LogP contribution in [0.25, 0.3) is 0 Å². The number of amides is 2. The van der Waals surface area contributed by atoms with Crippen LogP contribution in [0.4, 0.5) is 10.5 Å². The van der Waals surface area contributed by atoms with Gasteiger partial charge in [0.2, 0.25) is 0 Å². The number of carbonyl (C=O) groups is 1. The van der Waals surface area contributed by atoms with Gasteiger partial charge in [-0.15, -0.1) is 0 Å². The number of aryl methyl sites for hydroxylation is 1. The van der Waals surface area contributed by atoms with Crippen LogP contribution in [0, 0.1) is 6.92 Å². The van der Waals surface area contributed by atoms with Crippen LogP contribution in [0.3, 0.4) is 0 Å². The molecule has 0 atom stereocenters. The van der Waals surface area contributed by atoms with Crippen molar-refractivity contribution in [3.8, 4) is 5.75 Å². The predicted molar refractivity (Wildman–Crippen MR) is 115 cm³/mol. The first kappa shape index (κ1) is 21.1. The Balaban J connectivity index is 1.66. The van der Waals surface area contributed by atoms with Gasteiger partial charge in [0.1, 0.15) is 5.75 Å². The standard InChI is InChI=1S/C23H31N3O3/c1-3-29-22-9-7-20(8-10-22)18-26(12-11-25-13-15-28-16-14-25)23(27)24-21-6-4-5-19(2)17-21/h4-10,17H,3,11-16,18H2,1-2H3,(H,24,27). The van der Waals surface area contributed by atoms with Gasteiger partial charge in [-0.1, -0.05) is 24.3 Å². The topological polar surface area (TPSA) is 54.0 Å². The summed E-state index contributed by atoms with van der Waals surface area (Å²) in [5.74, 6) is 0.848. The molecule has 2 amide bonds. The molecule has 2 aromatic carbocycles. The molecule has 1 aliphatic rings. The number of nitrogens with zero attached hydrogens (tertiary/aromatic N) is 2. The van der Waals surface area contributed by atoms with Gasteiger partial charge >= 0.3 is 6.03 Å². The number of anilines is 1. The monoisotopic (exact) mass is 397 g/mol. The van der Waals surface area contributed by atoms with Gasteiger partial charge in [0.15, 0.2) is 0 Å². The van der Waals surface area contributed by atoms with Crippen LogP contribution in [0.5, 0.6) is 5.75 Å². The Morgan fingerprint density at radius 3 is 2.62 bits per heavy atom.